The standard InChI is InChI=1S/C7H9N3O/c11-7-4-6-5(9-10-7)2-1-3-8-6/h4-5,8H,1-3H2. The van der Waals surface area contributed by atoms with E-state index < -0.39 is 0 Å². The first-order valence-corrected chi connectivity index (χ1v) is 3.76. The van der Waals surface area contributed by atoms with Gasteiger partial charge in [-0.3, -0.25) is 4.79 Å². The van der Waals surface area contributed by atoms with Crippen molar-refractivity contribution in [1.82, 2.24) is 5.32 Å². The first kappa shape index (κ1) is 6.52. The number of carbonyl (C=O) groups excluding carboxylic acids is 1. The normalized spacial score (nSPS) is 28.9. The number of hydrogen-bond acceptors (Lipinski definition) is 3. The van der Waals surface area contributed by atoms with Crippen LogP contribution in [0.15, 0.2) is 22.0 Å². The van der Waals surface area contributed by atoms with Gasteiger partial charge in [0.1, 0.15) is 6.04 Å². The predicted octanol–water partition coefficient (Wildman–Crippen LogP) is 0.615. The Bertz CT molecular complexity index is 244. The molecule has 1 saturated heterocycles. The highest BCUT2D eigenvalue weighted by Crippen LogP contribution is 2.18. The van der Waals surface area contributed by atoms with E-state index in [1.165, 1.54) is 6.08 Å². The number of hydrogen-bond donors (Lipinski definition) is 1. The van der Waals surface area contributed by atoms with Gasteiger partial charge in [0, 0.05) is 18.3 Å². The summed E-state index contributed by atoms with van der Waals surface area (Å²) < 4.78 is 0. The van der Waals surface area contributed by atoms with E-state index in [1.807, 2.05) is 0 Å². The summed E-state index contributed by atoms with van der Waals surface area (Å²) in [6.07, 6.45) is 3.65. The van der Waals surface area contributed by atoms with Crippen LogP contribution in [0.5, 0.6) is 0 Å². The van der Waals surface area contributed by atoms with Crippen molar-refractivity contribution in [3.8, 4) is 0 Å². The van der Waals surface area contributed by atoms with Crippen molar-refractivity contribution in [2.24, 2.45) is 10.2 Å². The van der Waals surface area contributed by atoms with E-state index in [-0.39, 0.29) is 11.9 Å². The molecule has 0 radical (unpaired) electrons. The lowest BCUT2D eigenvalue weighted by Gasteiger charge is -2.23. The molecule has 1 N–H and O–H groups in total. The molecule has 1 fully saturated rings. The van der Waals surface area contributed by atoms with Gasteiger partial charge in [-0.15, -0.1) is 5.11 Å². The third-order valence-electron chi connectivity index (χ3n) is 1.92. The minimum atomic E-state index is -0.245. The molecule has 0 aromatic carbocycles. The number of nitrogens with zero attached hydrogens (tertiary/aromatic N) is 2. The Hall–Kier alpha value is -1.19. The van der Waals surface area contributed by atoms with Crippen LogP contribution in [0.4, 0.5) is 0 Å². The summed E-state index contributed by atoms with van der Waals surface area (Å²) >= 11 is 0. The molecule has 0 spiro atoms. The maximum Gasteiger partial charge on any atom is 0.289 e. The molecule has 4 nitrogen and oxygen atoms in total. The fourth-order valence-electron chi connectivity index (χ4n) is 1.36. The lowest BCUT2D eigenvalue weighted by atomic mass is 10.0. The van der Waals surface area contributed by atoms with Crippen molar-refractivity contribution in [3.05, 3.63) is 11.8 Å². The summed E-state index contributed by atoms with van der Waals surface area (Å²) in [5, 5.41) is 10.5. The van der Waals surface area contributed by atoms with Gasteiger partial charge in [-0.25, -0.2) is 0 Å². The van der Waals surface area contributed by atoms with E-state index in [0.717, 1.165) is 25.1 Å². The molecule has 1 unspecified atom stereocenters. The molecule has 1 amide bonds. The second-order valence-electron chi connectivity index (χ2n) is 2.74. The Morgan fingerprint density at radius 3 is 3.45 bits per heavy atom. The average molecular weight is 151 g/mol. The molecular formula is C7H9N3O. The Labute approximate surface area is 64.4 Å². The van der Waals surface area contributed by atoms with Crippen LogP contribution in [-0.4, -0.2) is 18.5 Å². The second kappa shape index (κ2) is 2.45. The van der Waals surface area contributed by atoms with E-state index in [0.29, 0.717) is 0 Å². The van der Waals surface area contributed by atoms with Gasteiger partial charge >= 0.3 is 0 Å². The Morgan fingerprint density at radius 2 is 2.55 bits per heavy atom. The SMILES string of the molecule is O=C1C=C2NCCCC2N=N1. The van der Waals surface area contributed by atoms with Gasteiger partial charge in [0.05, 0.1) is 0 Å². The molecule has 11 heavy (non-hydrogen) atoms. The van der Waals surface area contributed by atoms with Crippen molar-refractivity contribution in [2.45, 2.75) is 18.9 Å². The largest absolute Gasteiger partial charge is 0.386 e. The Balaban J connectivity index is 2.21. The van der Waals surface area contributed by atoms with Gasteiger partial charge in [-0.05, 0) is 12.8 Å². The second-order valence-corrected chi connectivity index (χ2v) is 2.74. The van der Waals surface area contributed by atoms with Gasteiger partial charge in [0.2, 0.25) is 0 Å². The highest BCUT2D eigenvalue weighted by atomic mass is 16.1. The van der Waals surface area contributed by atoms with Crippen molar-refractivity contribution in [3.63, 3.8) is 0 Å². The minimum Gasteiger partial charge on any atom is -0.386 e. The zero-order valence-electron chi connectivity index (χ0n) is 6.08. The minimum absolute atomic E-state index is 0.126. The first-order valence-electron chi connectivity index (χ1n) is 3.76. The highest BCUT2D eigenvalue weighted by molar-refractivity contribution is 5.89. The molecule has 0 bridgehead atoms. The van der Waals surface area contributed by atoms with Crippen LogP contribution in [0.2, 0.25) is 0 Å². The zero-order chi connectivity index (χ0) is 7.68. The Morgan fingerprint density at radius 1 is 1.64 bits per heavy atom. The van der Waals surface area contributed by atoms with Crippen LogP contribution in [0, 0.1) is 0 Å². The summed E-state index contributed by atoms with van der Waals surface area (Å²) in [4.78, 5) is 10.7. The number of fused-ring (bicyclic) bond motifs is 1. The molecule has 2 rings (SSSR count). The maximum atomic E-state index is 10.7. The van der Waals surface area contributed by atoms with Gasteiger partial charge in [-0.2, -0.15) is 5.11 Å². The number of piperidine rings is 1. The van der Waals surface area contributed by atoms with Gasteiger partial charge < -0.3 is 5.32 Å². The van der Waals surface area contributed by atoms with Crippen molar-refractivity contribution in [2.75, 3.05) is 6.54 Å². The van der Waals surface area contributed by atoms with Crippen LogP contribution in [0.25, 0.3) is 0 Å². The lowest BCUT2D eigenvalue weighted by molar-refractivity contribution is -0.114. The fourth-order valence-corrected chi connectivity index (χ4v) is 1.36. The lowest BCUT2D eigenvalue weighted by Crippen LogP contribution is -2.32. The molecule has 0 aliphatic carbocycles. The number of carbonyl (C=O) groups is 1. The highest BCUT2D eigenvalue weighted by Gasteiger charge is 2.21. The zero-order valence-corrected chi connectivity index (χ0v) is 6.08. The Kier molecular flexibility index (Phi) is 1.45. The van der Waals surface area contributed by atoms with Crippen molar-refractivity contribution < 1.29 is 4.79 Å². The van der Waals surface area contributed by atoms with Gasteiger partial charge in [0.25, 0.3) is 5.91 Å². The number of amides is 1. The van der Waals surface area contributed by atoms with Crippen LogP contribution in [-0.2, 0) is 4.79 Å². The third kappa shape index (κ3) is 1.15. The molecule has 0 aromatic rings. The van der Waals surface area contributed by atoms with Gasteiger partial charge in [0.15, 0.2) is 0 Å². The summed E-state index contributed by atoms with van der Waals surface area (Å²) in [5.74, 6) is -0.245. The summed E-state index contributed by atoms with van der Waals surface area (Å²) in [5.41, 5.74) is 0.941. The predicted molar refractivity (Wildman–Crippen MR) is 39.0 cm³/mol. The molecule has 1 atom stereocenters. The fraction of sp³-hybridized carbons (Fsp3) is 0.571. The molecule has 4 heteroatoms. The van der Waals surface area contributed by atoms with E-state index in [2.05, 4.69) is 15.5 Å². The molecule has 0 aromatic heterocycles. The molecule has 2 heterocycles. The van der Waals surface area contributed by atoms with Crippen molar-refractivity contribution >= 4 is 5.91 Å². The van der Waals surface area contributed by atoms with E-state index in [4.69, 9.17) is 0 Å². The first-order chi connectivity index (χ1) is 5.36. The smallest absolute Gasteiger partial charge is 0.289 e. The van der Waals surface area contributed by atoms with Crippen LogP contribution < -0.4 is 5.32 Å². The van der Waals surface area contributed by atoms with Crippen molar-refractivity contribution in [1.29, 1.82) is 0 Å². The summed E-state index contributed by atoms with van der Waals surface area (Å²) in [6, 6.07) is 0.126. The summed E-state index contributed by atoms with van der Waals surface area (Å²) in [6.45, 7) is 0.950. The average Bonchev–Trinajstić information content (AvgIpc) is 2.04. The van der Waals surface area contributed by atoms with E-state index in [1.54, 1.807) is 0 Å². The summed E-state index contributed by atoms with van der Waals surface area (Å²) in [7, 11) is 0. The van der Waals surface area contributed by atoms with Gasteiger partial charge in [-0.1, -0.05) is 0 Å². The van der Waals surface area contributed by atoms with E-state index >= 15 is 0 Å². The third-order valence-corrected chi connectivity index (χ3v) is 1.92. The monoisotopic (exact) mass is 151 g/mol. The van der Waals surface area contributed by atoms with Crippen LogP contribution >= 0.6 is 0 Å². The molecule has 0 saturated carbocycles. The molecule has 2 aliphatic rings. The maximum absolute atomic E-state index is 10.7. The topological polar surface area (TPSA) is 53.8 Å². The molecular weight excluding hydrogens is 142 g/mol. The molecule has 2 aliphatic heterocycles. The number of azo groups is 1. The van der Waals surface area contributed by atoms with Crippen LogP contribution in [0.3, 0.4) is 0 Å². The van der Waals surface area contributed by atoms with E-state index in [9.17, 15) is 4.79 Å². The molecule has 58 valence electrons. The number of nitrogens with one attached hydrogen (secondary N) is 1. The quantitative estimate of drug-likeness (QED) is 0.551. The number of rotatable bonds is 0. The van der Waals surface area contributed by atoms with Crippen LogP contribution in [0.1, 0.15) is 12.8 Å².